The molecule has 1 atom stereocenters. The second-order valence-corrected chi connectivity index (χ2v) is 4.65. The fourth-order valence-electron chi connectivity index (χ4n) is 1.99. The van der Waals surface area contributed by atoms with Gasteiger partial charge in [0.1, 0.15) is 6.04 Å². The van der Waals surface area contributed by atoms with Crippen molar-refractivity contribution in [2.45, 2.75) is 19.9 Å². The van der Waals surface area contributed by atoms with E-state index < -0.39 is 16.9 Å². The molecule has 21 heavy (non-hydrogen) atoms. The molecule has 1 N–H and O–H groups in total. The molecule has 1 amide bonds. The Morgan fingerprint density at radius 2 is 2.10 bits per heavy atom. The van der Waals surface area contributed by atoms with Crippen molar-refractivity contribution in [1.82, 2.24) is 0 Å². The SMILES string of the molecule is COc1ccc(N(C=O)C(C(=O)O)C(C)C)cc1[N+](=O)[O-]. The number of carboxylic acids is 1. The first-order valence-corrected chi connectivity index (χ1v) is 6.12. The zero-order valence-corrected chi connectivity index (χ0v) is 11.8. The van der Waals surface area contributed by atoms with E-state index in [1.54, 1.807) is 13.8 Å². The normalized spacial score (nSPS) is 11.8. The summed E-state index contributed by atoms with van der Waals surface area (Å²) >= 11 is 0. The summed E-state index contributed by atoms with van der Waals surface area (Å²) < 4.78 is 4.87. The summed E-state index contributed by atoms with van der Waals surface area (Å²) in [6.07, 6.45) is 0.352. The van der Waals surface area contributed by atoms with Crippen LogP contribution >= 0.6 is 0 Å². The lowest BCUT2D eigenvalue weighted by Crippen LogP contribution is -2.44. The van der Waals surface area contributed by atoms with Crippen LogP contribution in [0.5, 0.6) is 5.75 Å². The molecule has 0 saturated carbocycles. The highest BCUT2D eigenvalue weighted by Gasteiger charge is 2.30. The lowest BCUT2D eigenvalue weighted by atomic mass is 10.0. The van der Waals surface area contributed by atoms with E-state index in [0.717, 1.165) is 11.0 Å². The Balaban J connectivity index is 3.35. The van der Waals surface area contributed by atoms with Gasteiger partial charge in [0.2, 0.25) is 6.41 Å². The van der Waals surface area contributed by atoms with Crippen LogP contribution in [-0.4, -0.2) is 35.6 Å². The number of hydrogen-bond donors (Lipinski definition) is 1. The van der Waals surface area contributed by atoms with Gasteiger partial charge in [-0.1, -0.05) is 13.8 Å². The number of aliphatic carboxylic acids is 1. The minimum absolute atomic E-state index is 0.0334. The number of carbonyl (C=O) groups excluding carboxylic acids is 1. The summed E-state index contributed by atoms with van der Waals surface area (Å²) in [6, 6.07) is 2.73. The number of benzene rings is 1. The van der Waals surface area contributed by atoms with Gasteiger partial charge in [-0.2, -0.15) is 0 Å². The fraction of sp³-hybridized carbons (Fsp3) is 0.385. The fourth-order valence-corrected chi connectivity index (χ4v) is 1.99. The average Bonchev–Trinajstić information content (AvgIpc) is 2.42. The predicted octanol–water partition coefficient (Wildman–Crippen LogP) is 1.68. The van der Waals surface area contributed by atoms with E-state index in [2.05, 4.69) is 0 Å². The van der Waals surface area contributed by atoms with Crippen molar-refractivity contribution in [3.05, 3.63) is 28.3 Å². The third kappa shape index (κ3) is 3.47. The van der Waals surface area contributed by atoms with Gasteiger partial charge in [-0.3, -0.25) is 14.9 Å². The van der Waals surface area contributed by atoms with Gasteiger partial charge in [0.05, 0.1) is 17.7 Å². The smallest absolute Gasteiger partial charge is 0.327 e. The number of carbonyl (C=O) groups is 2. The van der Waals surface area contributed by atoms with Crippen molar-refractivity contribution in [2.24, 2.45) is 5.92 Å². The molecule has 0 aliphatic carbocycles. The standard InChI is InChI=1S/C13H16N2O6/c1-8(2)12(13(17)18)14(7-16)9-4-5-11(21-3)10(6-9)15(19)20/h4-8,12H,1-3H3,(H,17,18). The van der Waals surface area contributed by atoms with Gasteiger partial charge < -0.3 is 14.7 Å². The number of anilines is 1. The zero-order valence-electron chi connectivity index (χ0n) is 11.8. The highest BCUT2D eigenvalue weighted by molar-refractivity contribution is 5.89. The Morgan fingerprint density at radius 1 is 1.48 bits per heavy atom. The molecule has 8 nitrogen and oxygen atoms in total. The maximum Gasteiger partial charge on any atom is 0.327 e. The summed E-state index contributed by atoms with van der Waals surface area (Å²) in [4.78, 5) is 33.8. The van der Waals surface area contributed by atoms with E-state index in [4.69, 9.17) is 4.74 Å². The van der Waals surface area contributed by atoms with E-state index in [-0.39, 0.29) is 23.0 Å². The molecule has 0 aromatic heterocycles. The van der Waals surface area contributed by atoms with Crippen LogP contribution in [0.15, 0.2) is 18.2 Å². The third-order valence-corrected chi connectivity index (χ3v) is 2.96. The Bertz CT molecular complexity index is 558. The molecule has 0 fully saturated rings. The number of rotatable bonds is 7. The molecule has 0 bridgehead atoms. The van der Waals surface area contributed by atoms with Crippen molar-refractivity contribution >= 4 is 23.8 Å². The maximum atomic E-state index is 11.3. The van der Waals surface area contributed by atoms with E-state index >= 15 is 0 Å². The quantitative estimate of drug-likeness (QED) is 0.465. The highest BCUT2D eigenvalue weighted by Crippen LogP contribution is 2.32. The first-order valence-electron chi connectivity index (χ1n) is 6.12. The second kappa shape index (κ2) is 6.69. The molecule has 114 valence electrons. The van der Waals surface area contributed by atoms with Crippen molar-refractivity contribution < 1.29 is 24.4 Å². The Kier molecular flexibility index (Phi) is 5.23. The van der Waals surface area contributed by atoms with Crippen LogP contribution in [-0.2, 0) is 9.59 Å². The van der Waals surface area contributed by atoms with Crippen molar-refractivity contribution in [3.63, 3.8) is 0 Å². The number of ether oxygens (including phenoxy) is 1. The predicted molar refractivity (Wildman–Crippen MR) is 74.5 cm³/mol. The molecule has 1 aromatic carbocycles. The molecule has 0 aliphatic heterocycles. The van der Waals surface area contributed by atoms with Crippen LogP contribution in [0.4, 0.5) is 11.4 Å². The summed E-state index contributed by atoms with van der Waals surface area (Å²) in [5.74, 6) is -1.52. The van der Waals surface area contributed by atoms with Crippen molar-refractivity contribution in [1.29, 1.82) is 0 Å². The average molecular weight is 296 g/mol. The summed E-state index contributed by atoms with van der Waals surface area (Å²) in [5.41, 5.74) is -0.214. The monoisotopic (exact) mass is 296 g/mol. The largest absolute Gasteiger partial charge is 0.490 e. The summed E-state index contributed by atoms with van der Waals surface area (Å²) in [5, 5.41) is 20.2. The number of hydrogen-bond acceptors (Lipinski definition) is 5. The van der Waals surface area contributed by atoms with Crippen LogP contribution in [0.3, 0.4) is 0 Å². The van der Waals surface area contributed by atoms with Crippen LogP contribution in [0.25, 0.3) is 0 Å². The van der Waals surface area contributed by atoms with Crippen LogP contribution in [0, 0.1) is 16.0 Å². The molecule has 1 unspecified atom stereocenters. The molecule has 0 spiro atoms. The van der Waals surface area contributed by atoms with E-state index in [9.17, 15) is 24.8 Å². The van der Waals surface area contributed by atoms with Gasteiger partial charge in [-0.25, -0.2) is 4.79 Å². The van der Waals surface area contributed by atoms with Gasteiger partial charge in [0, 0.05) is 6.07 Å². The first kappa shape index (κ1) is 16.4. The van der Waals surface area contributed by atoms with E-state index in [0.29, 0.717) is 6.41 Å². The molecular formula is C13H16N2O6. The number of amides is 1. The van der Waals surface area contributed by atoms with Crippen molar-refractivity contribution in [3.8, 4) is 5.75 Å². The van der Waals surface area contributed by atoms with Gasteiger partial charge in [-0.05, 0) is 18.1 Å². The van der Waals surface area contributed by atoms with Gasteiger partial charge in [-0.15, -0.1) is 0 Å². The van der Waals surface area contributed by atoms with Gasteiger partial charge in [0.15, 0.2) is 5.75 Å². The minimum Gasteiger partial charge on any atom is -0.490 e. The first-order chi connectivity index (χ1) is 9.83. The number of nitro benzene ring substituents is 1. The molecule has 1 rings (SSSR count). The topological polar surface area (TPSA) is 110 Å². The van der Waals surface area contributed by atoms with Crippen LogP contribution < -0.4 is 9.64 Å². The minimum atomic E-state index is -1.18. The Labute approximate surface area is 121 Å². The maximum absolute atomic E-state index is 11.3. The molecule has 0 saturated heterocycles. The van der Waals surface area contributed by atoms with E-state index in [1.165, 1.54) is 19.2 Å². The van der Waals surface area contributed by atoms with E-state index in [1.807, 2.05) is 0 Å². The highest BCUT2D eigenvalue weighted by atomic mass is 16.6. The third-order valence-electron chi connectivity index (χ3n) is 2.96. The number of nitrogens with zero attached hydrogens (tertiary/aromatic N) is 2. The molecule has 0 heterocycles. The number of methoxy groups -OCH3 is 1. The molecule has 8 heteroatoms. The van der Waals surface area contributed by atoms with Crippen LogP contribution in [0.1, 0.15) is 13.8 Å². The Morgan fingerprint density at radius 3 is 2.48 bits per heavy atom. The molecule has 0 radical (unpaired) electrons. The zero-order chi connectivity index (χ0) is 16.2. The second-order valence-electron chi connectivity index (χ2n) is 4.65. The summed E-state index contributed by atoms with van der Waals surface area (Å²) in [7, 11) is 1.29. The summed E-state index contributed by atoms with van der Waals surface area (Å²) in [6.45, 7) is 3.29. The lowest BCUT2D eigenvalue weighted by molar-refractivity contribution is -0.385. The number of nitro groups is 1. The lowest BCUT2D eigenvalue weighted by Gasteiger charge is -2.27. The molecule has 1 aromatic rings. The van der Waals surface area contributed by atoms with Crippen molar-refractivity contribution in [2.75, 3.05) is 12.0 Å². The van der Waals surface area contributed by atoms with Crippen LogP contribution in [0.2, 0.25) is 0 Å². The van der Waals surface area contributed by atoms with Gasteiger partial charge >= 0.3 is 11.7 Å². The number of carboxylic acid groups (broad SMARTS) is 1. The molecule has 0 aliphatic rings. The van der Waals surface area contributed by atoms with Gasteiger partial charge in [0.25, 0.3) is 0 Å². The molecular weight excluding hydrogens is 280 g/mol. The Hall–Kier alpha value is -2.64.